The van der Waals surface area contributed by atoms with E-state index in [1.54, 1.807) is 36.3 Å². The van der Waals surface area contributed by atoms with E-state index in [0.717, 1.165) is 27.8 Å². The quantitative estimate of drug-likeness (QED) is 0.319. The largest absolute Gasteiger partial charge is 0.497 e. The Morgan fingerprint density at radius 3 is 2.44 bits per heavy atom. The zero-order valence-corrected chi connectivity index (χ0v) is 21.6. The first-order chi connectivity index (χ1) is 19.0. The number of para-hydroxylation sites is 2. The first kappa shape index (κ1) is 26.0. The minimum Gasteiger partial charge on any atom is -0.497 e. The fourth-order valence-electron chi connectivity index (χ4n) is 4.80. The summed E-state index contributed by atoms with van der Waals surface area (Å²) in [4.78, 5) is 43.8. The van der Waals surface area contributed by atoms with Crippen LogP contribution in [0.2, 0.25) is 0 Å². The number of carbonyl (C=O) groups excluding carboxylic acids is 3. The van der Waals surface area contributed by atoms with Gasteiger partial charge in [0, 0.05) is 42.7 Å². The minimum atomic E-state index is -0.843. The topological polar surface area (TPSA) is 113 Å². The summed E-state index contributed by atoms with van der Waals surface area (Å²) in [5, 5.41) is 6.44. The summed E-state index contributed by atoms with van der Waals surface area (Å²) < 4.78 is 10.6. The van der Waals surface area contributed by atoms with Gasteiger partial charge in [-0.05, 0) is 41.5 Å². The molecule has 0 aliphatic carbocycles. The molecule has 1 aliphatic heterocycles. The van der Waals surface area contributed by atoms with Crippen LogP contribution >= 0.6 is 0 Å². The van der Waals surface area contributed by atoms with Crippen LogP contribution < -0.4 is 15.4 Å². The second-order valence-corrected chi connectivity index (χ2v) is 9.23. The molecule has 0 spiro atoms. The number of aromatic nitrogens is 1. The van der Waals surface area contributed by atoms with Crippen molar-refractivity contribution in [2.75, 3.05) is 45.3 Å². The molecule has 200 valence electrons. The Hall–Kier alpha value is -4.63. The lowest BCUT2D eigenvalue weighted by molar-refractivity contribution is -0.136. The highest BCUT2D eigenvalue weighted by Gasteiger charge is 2.24. The van der Waals surface area contributed by atoms with Gasteiger partial charge < -0.3 is 30.0 Å². The third-order valence-corrected chi connectivity index (χ3v) is 6.89. The predicted octanol–water partition coefficient (Wildman–Crippen LogP) is 3.54. The molecule has 9 nitrogen and oxygen atoms in total. The lowest BCUT2D eigenvalue weighted by Gasteiger charge is -2.27. The minimum absolute atomic E-state index is 0.189. The van der Waals surface area contributed by atoms with Crippen LogP contribution in [0.4, 0.5) is 5.69 Å². The fraction of sp³-hybridized carbons (Fsp3) is 0.233. The maximum atomic E-state index is 13.0. The Kier molecular flexibility index (Phi) is 7.88. The molecule has 9 heteroatoms. The summed E-state index contributed by atoms with van der Waals surface area (Å²) in [5.74, 6) is -1.34. The molecule has 1 aliphatic rings. The molecule has 3 amide bonds. The number of morpholine rings is 1. The fourth-order valence-corrected chi connectivity index (χ4v) is 4.80. The third-order valence-electron chi connectivity index (χ3n) is 6.89. The Labute approximate surface area is 226 Å². The van der Waals surface area contributed by atoms with E-state index in [9.17, 15) is 14.4 Å². The van der Waals surface area contributed by atoms with Crippen molar-refractivity contribution in [3.63, 3.8) is 0 Å². The van der Waals surface area contributed by atoms with Crippen LogP contribution in [0.1, 0.15) is 27.4 Å². The molecule has 5 rings (SSSR count). The van der Waals surface area contributed by atoms with Crippen molar-refractivity contribution in [1.82, 2.24) is 15.2 Å². The van der Waals surface area contributed by atoms with Crippen LogP contribution in [0.25, 0.3) is 10.9 Å². The molecule has 0 saturated carbocycles. The second-order valence-electron chi connectivity index (χ2n) is 9.23. The lowest BCUT2D eigenvalue weighted by atomic mass is 9.90. The van der Waals surface area contributed by atoms with E-state index in [4.69, 9.17) is 9.47 Å². The van der Waals surface area contributed by atoms with Crippen LogP contribution in [0.15, 0.2) is 79.0 Å². The summed E-state index contributed by atoms with van der Waals surface area (Å²) in [6.45, 7) is 2.07. The van der Waals surface area contributed by atoms with E-state index in [1.165, 1.54) is 0 Å². The second kappa shape index (κ2) is 11.8. The van der Waals surface area contributed by atoms with E-state index in [0.29, 0.717) is 31.9 Å². The van der Waals surface area contributed by atoms with Gasteiger partial charge in [0.25, 0.3) is 5.91 Å². The maximum Gasteiger partial charge on any atom is 0.313 e. The van der Waals surface area contributed by atoms with Gasteiger partial charge in [-0.2, -0.15) is 0 Å². The number of fused-ring (bicyclic) bond motifs is 1. The van der Waals surface area contributed by atoms with Gasteiger partial charge in [0.15, 0.2) is 0 Å². The number of carbonyl (C=O) groups is 3. The van der Waals surface area contributed by atoms with Gasteiger partial charge in [0.05, 0.1) is 31.6 Å². The van der Waals surface area contributed by atoms with Crippen molar-refractivity contribution in [2.45, 2.75) is 5.92 Å². The van der Waals surface area contributed by atoms with Crippen molar-refractivity contribution in [3.8, 4) is 5.75 Å². The summed E-state index contributed by atoms with van der Waals surface area (Å²) in [6, 6.07) is 22.3. The Balaban J connectivity index is 1.32. The SMILES string of the molecule is COc1ccc([C@@H](CNC(=O)C(=O)Nc2ccccc2C(=O)N2CCOCC2)c2c[nH]c3ccccc23)cc1. The molecule has 4 aromatic rings. The number of rotatable bonds is 7. The molecule has 1 saturated heterocycles. The summed E-state index contributed by atoms with van der Waals surface area (Å²) in [5.41, 5.74) is 3.56. The van der Waals surface area contributed by atoms with Gasteiger partial charge >= 0.3 is 11.8 Å². The molecule has 1 atom stereocenters. The molecule has 39 heavy (non-hydrogen) atoms. The highest BCUT2D eigenvalue weighted by atomic mass is 16.5. The molecule has 0 radical (unpaired) electrons. The number of nitrogens with one attached hydrogen (secondary N) is 3. The highest BCUT2D eigenvalue weighted by Crippen LogP contribution is 2.31. The summed E-state index contributed by atoms with van der Waals surface area (Å²) in [6.07, 6.45) is 1.93. The van der Waals surface area contributed by atoms with Crippen molar-refractivity contribution < 1.29 is 23.9 Å². The molecule has 0 bridgehead atoms. The molecule has 0 unspecified atom stereocenters. The molecular weight excluding hydrogens is 496 g/mol. The van der Waals surface area contributed by atoms with Crippen LogP contribution in [0.5, 0.6) is 5.75 Å². The maximum absolute atomic E-state index is 13.0. The van der Waals surface area contributed by atoms with Gasteiger partial charge in [0.2, 0.25) is 0 Å². The van der Waals surface area contributed by atoms with Crippen LogP contribution in [-0.2, 0) is 14.3 Å². The number of hydrogen-bond acceptors (Lipinski definition) is 5. The van der Waals surface area contributed by atoms with E-state index >= 15 is 0 Å². The van der Waals surface area contributed by atoms with Crippen LogP contribution in [0.3, 0.4) is 0 Å². The number of aromatic amines is 1. The molecular formula is C30H30N4O5. The molecule has 3 aromatic carbocycles. The zero-order valence-electron chi connectivity index (χ0n) is 21.6. The van der Waals surface area contributed by atoms with E-state index in [1.807, 2.05) is 54.7 Å². The van der Waals surface area contributed by atoms with Crippen LogP contribution in [-0.4, -0.2) is 67.6 Å². The zero-order chi connectivity index (χ0) is 27.2. The molecule has 2 heterocycles. The normalized spacial score (nSPS) is 14.0. The molecule has 1 fully saturated rings. The van der Waals surface area contributed by atoms with Gasteiger partial charge in [-0.1, -0.05) is 42.5 Å². The first-order valence-electron chi connectivity index (χ1n) is 12.8. The van der Waals surface area contributed by atoms with E-state index < -0.39 is 11.8 Å². The number of benzene rings is 3. The van der Waals surface area contributed by atoms with E-state index in [-0.39, 0.29) is 24.1 Å². The van der Waals surface area contributed by atoms with Crippen molar-refractivity contribution in [3.05, 3.63) is 95.7 Å². The summed E-state index contributed by atoms with van der Waals surface area (Å²) in [7, 11) is 1.61. The monoisotopic (exact) mass is 526 g/mol. The standard InChI is InChI=1S/C30H30N4O5/c1-38-21-12-10-20(11-13-21)24(25-19-31-26-8-4-2-6-22(25)26)18-32-28(35)29(36)33-27-9-5-3-7-23(27)30(37)34-14-16-39-17-15-34/h2-13,19,24,31H,14-18H2,1H3,(H,32,35)(H,33,36)/t24-/m1/s1. The van der Waals surface area contributed by atoms with Crippen molar-refractivity contribution >= 4 is 34.3 Å². The van der Waals surface area contributed by atoms with Gasteiger partial charge in [0.1, 0.15) is 5.75 Å². The van der Waals surface area contributed by atoms with E-state index in [2.05, 4.69) is 15.6 Å². The smallest absolute Gasteiger partial charge is 0.313 e. The van der Waals surface area contributed by atoms with Gasteiger partial charge in [-0.25, -0.2) is 0 Å². The number of nitrogens with zero attached hydrogens (tertiary/aromatic N) is 1. The Bertz CT molecular complexity index is 1470. The number of amides is 3. The highest BCUT2D eigenvalue weighted by molar-refractivity contribution is 6.40. The van der Waals surface area contributed by atoms with Crippen LogP contribution in [0, 0.1) is 0 Å². The lowest BCUT2D eigenvalue weighted by Crippen LogP contribution is -2.41. The number of methoxy groups -OCH3 is 1. The van der Waals surface area contributed by atoms with Gasteiger partial charge in [-0.15, -0.1) is 0 Å². The predicted molar refractivity (Wildman–Crippen MR) is 148 cm³/mol. The average Bonchev–Trinajstić information content (AvgIpc) is 3.42. The first-order valence-corrected chi connectivity index (χ1v) is 12.8. The molecule has 1 aromatic heterocycles. The Morgan fingerprint density at radius 1 is 0.949 bits per heavy atom. The average molecular weight is 527 g/mol. The van der Waals surface area contributed by atoms with Crippen molar-refractivity contribution in [2.24, 2.45) is 0 Å². The number of hydrogen-bond donors (Lipinski definition) is 3. The molecule has 3 N–H and O–H groups in total. The number of ether oxygens (including phenoxy) is 2. The summed E-state index contributed by atoms with van der Waals surface area (Å²) >= 11 is 0. The Morgan fingerprint density at radius 2 is 1.67 bits per heavy atom. The van der Waals surface area contributed by atoms with Gasteiger partial charge in [-0.3, -0.25) is 14.4 Å². The number of H-pyrrole nitrogens is 1. The number of anilines is 1. The third kappa shape index (κ3) is 5.78. The van der Waals surface area contributed by atoms with Crippen molar-refractivity contribution in [1.29, 1.82) is 0 Å².